The molecule has 0 saturated heterocycles. The van der Waals surface area contributed by atoms with Gasteiger partial charge in [-0.05, 0) is 37.0 Å². The van der Waals surface area contributed by atoms with Crippen molar-refractivity contribution < 1.29 is 5.11 Å². The summed E-state index contributed by atoms with van der Waals surface area (Å²) in [6, 6.07) is 2.42. The normalized spacial score (nSPS) is 12.7. The van der Waals surface area contributed by atoms with Crippen LogP contribution in [0.4, 0.5) is 0 Å². The number of rotatable bonds is 6. The number of hydrogen-bond donors (Lipinski definition) is 2. The van der Waals surface area contributed by atoms with Crippen LogP contribution in [0.2, 0.25) is 0 Å². The molecule has 0 aliphatic rings. The summed E-state index contributed by atoms with van der Waals surface area (Å²) in [5, 5.41) is 12.3. The molecule has 0 aromatic carbocycles. The highest BCUT2D eigenvalue weighted by Crippen LogP contribution is 2.06. The van der Waals surface area contributed by atoms with Gasteiger partial charge in [-0.15, -0.1) is 0 Å². The van der Waals surface area contributed by atoms with E-state index >= 15 is 0 Å². The first kappa shape index (κ1) is 12.1. The average molecular weight is 208 g/mol. The van der Waals surface area contributed by atoms with Crippen molar-refractivity contribution in [2.75, 3.05) is 6.61 Å². The van der Waals surface area contributed by atoms with E-state index in [1.807, 2.05) is 18.5 Å². The Bertz CT molecular complexity index is 289. The number of nitrogens with zero attached hydrogens (tertiary/aromatic N) is 1. The van der Waals surface area contributed by atoms with Crippen LogP contribution in [0.1, 0.15) is 30.9 Å². The number of aliphatic hydroxyl groups excluding tert-OH is 1. The van der Waals surface area contributed by atoms with Gasteiger partial charge in [-0.25, -0.2) is 0 Å². The molecule has 0 bridgehead atoms. The molecular formula is C12H20N2O. The van der Waals surface area contributed by atoms with Crippen molar-refractivity contribution in [1.29, 1.82) is 0 Å². The summed E-state index contributed by atoms with van der Waals surface area (Å²) in [6.07, 6.45) is 5.56. The van der Waals surface area contributed by atoms with Crippen LogP contribution in [0, 0.1) is 6.92 Å². The molecule has 0 radical (unpaired) electrons. The first-order valence-electron chi connectivity index (χ1n) is 5.51. The predicted octanol–water partition coefficient (Wildman–Crippen LogP) is 1.64. The molecule has 0 aliphatic heterocycles. The molecule has 1 aromatic heterocycles. The van der Waals surface area contributed by atoms with Crippen molar-refractivity contribution in [2.45, 2.75) is 39.3 Å². The number of aliphatic hydroxyl groups is 1. The van der Waals surface area contributed by atoms with Crippen molar-refractivity contribution in [2.24, 2.45) is 0 Å². The SMILES string of the molecule is CCC(CCO)NCc1cnccc1C. The van der Waals surface area contributed by atoms with Crippen LogP contribution < -0.4 is 5.32 Å². The summed E-state index contributed by atoms with van der Waals surface area (Å²) in [5.41, 5.74) is 2.49. The zero-order chi connectivity index (χ0) is 11.1. The minimum Gasteiger partial charge on any atom is -0.396 e. The second-order valence-electron chi connectivity index (χ2n) is 3.80. The molecule has 84 valence electrons. The van der Waals surface area contributed by atoms with E-state index < -0.39 is 0 Å². The lowest BCUT2D eigenvalue weighted by Gasteiger charge is -2.16. The van der Waals surface area contributed by atoms with E-state index in [0.29, 0.717) is 6.04 Å². The maximum absolute atomic E-state index is 8.87. The van der Waals surface area contributed by atoms with E-state index in [-0.39, 0.29) is 6.61 Å². The molecule has 15 heavy (non-hydrogen) atoms. The van der Waals surface area contributed by atoms with E-state index in [9.17, 15) is 0 Å². The molecule has 0 fully saturated rings. The molecule has 1 rings (SSSR count). The molecule has 1 heterocycles. The van der Waals surface area contributed by atoms with Crippen LogP contribution in [-0.4, -0.2) is 22.7 Å². The number of pyridine rings is 1. The number of aryl methyl sites for hydroxylation is 1. The number of hydrogen-bond acceptors (Lipinski definition) is 3. The molecule has 0 amide bonds. The molecule has 3 nitrogen and oxygen atoms in total. The Labute approximate surface area is 91.5 Å². The van der Waals surface area contributed by atoms with Crippen LogP contribution >= 0.6 is 0 Å². The third kappa shape index (κ3) is 3.98. The highest BCUT2D eigenvalue weighted by Gasteiger charge is 2.05. The topological polar surface area (TPSA) is 45.1 Å². The van der Waals surface area contributed by atoms with E-state index in [2.05, 4.69) is 24.1 Å². The van der Waals surface area contributed by atoms with Gasteiger partial charge in [-0.3, -0.25) is 4.98 Å². The smallest absolute Gasteiger partial charge is 0.0445 e. The van der Waals surface area contributed by atoms with Crippen LogP contribution in [0.15, 0.2) is 18.5 Å². The number of aromatic nitrogens is 1. The summed E-state index contributed by atoms with van der Waals surface area (Å²) in [7, 11) is 0. The zero-order valence-corrected chi connectivity index (χ0v) is 9.53. The predicted molar refractivity (Wildman–Crippen MR) is 61.6 cm³/mol. The first-order chi connectivity index (χ1) is 7.27. The average Bonchev–Trinajstić information content (AvgIpc) is 2.26. The molecule has 0 aliphatic carbocycles. The summed E-state index contributed by atoms with van der Waals surface area (Å²) in [6.45, 7) is 5.30. The molecule has 2 N–H and O–H groups in total. The lowest BCUT2D eigenvalue weighted by atomic mass is 10.1. The fourth-order valence-corrected chi connectivity index (χ4v) is 1.54. The highest BCUT2D eigenvalue weighted by atomic mass is 16.3. The van der Waals surface area contributed by atoms with Gasteiger partial charge in [0, 0.05) is 31.6 Å². The molecule has 0 saturated carbocycles. The Hall–Kier alpha value is -0.930. The van der Waals surface area contributed by atoms with Gasteiger partial charge in [0.25, 0.3) is 0 Å². The second kappa shape index (κ2) is 6.53. The largest absolute Gasteiger partial charge is 0.396 e. The Morgan fingerprint density at radius 2 is 2.33 bits per heavy atom. The molecule has 1 atom stereocenters. The molecule has 1 unspecified atom stereocenters. The molecule has 3 heteroatoms. The van der Waals surface area contributed by atoms with Crippen LogP contribution in [-0.2, 0) is 6.54 Å². The summed E-state index contributed by atoms with van der Waals surface area (Å²) in [5.74, 6) is 0. The summed E-state index contributed by atoms with van der Waals surface area (Å²) in [4.78, 5) is 4.11. The minimum absolute atomic E-state index is 0.248. The first-order valence-corrected chi connectivity index (χ1v) is 5.51. The fourth-order valence-electron chi connectivity index (χ4n) is 1.54. The standard InChI is InChI=1S/C12H20N2O/c1-3-12(5-7-15)14-9-11-8-13-6-4-10(11)2/h4,6,8,12,14-15H,3,5,7,9H2,1-2H3. The van der Waals surface area contributed by atoms with Crippen molar-refractivity contribution in [3.05, 3.63) is 29.6 Å². The van der Waals surface area contributed by atoms with Gasteiger partial charge in [0.1, 0.15) is 0 Å². The van der Waals surface area contributed by atoms with E-state index in [4.69, 9.17) is 5.11 Å². The molecule has 1 aromatic rings. The Kier molecular flexibility index (Phi) is 5.29. The van der Waals surface area contributed by atoms with E-state index in [1.54, 1.807) is 0 Å². The van der Waals surface area contributed by atoms with Gasteiger partial charge in [-0.2, -0.15) is 0 Å². The fraction of sp³-hybridized carbons (Fsp3) is 0.583. The van der Waals surface area contributed by atoms with E-state index in [0.717, 1.165) is 19.4 Å². The Balaban J connectivity index is 2.45. The van der Waals surface area contributed by atoms with Crippen LogP contribution in [0.25, 0.3) is 0 Å². The second-order valence-corrected chi connectivity index (χ2v) is 3.80. The van der Waals surface area contributed by atoms with Crippen molar-refractivity contribution in [1.82, 2.24) is 10.3 Å². The van der Waals surface area contributed by atoms with Gasteiger partial charge < -0.3 is 10.4 Å². The van der Waals surface area contributed by atoms with Gasteiger partial charge in [0.15, 0.2) is 0 Å². The van der Waals surface area contributed by atoms with Crippen molar-refractivity contribution >= 4 is 0 Å². The van der Waals surface area contributed by atoms with Gasteiger partial charge in [0.05, 0.1) is 0 Å². The molecular weight excluding hydrogens is 188 g/mol. The number of nitrogens with one attached hydrogen (secondary N) is 1. The highest BCUT2D eigenvalue weighted by molar-refractivity contribution is 5.21. The van der Waals surface area contributed by atoms with E-state index in [1.165, 1.54) is 11.1 Å². The van der Waals surface area contributed by atoms with Crippen LogP contribution in [0.3, 0.4) is 0 Å². The van der Waals surface area contributed by atoms with Gasteiger partial charge in [-0.1, -0.05) is 6.92 Å². The monoisotopic (exact) mass is 208 g/mol. The maximum atomic E-state index is 8.87. The third-order valence-corrected chi connectivity index (χ3v) is 2.70. The Morgan fingerprint density at radius 3 is 2.93 bits per heavy atom. The van der Waals surface area contributed by atoms with Crippen molar-refractivity contribution in [3.8, 4) is 0 Å². The minimum atomic E-state index is 0.248. The Morgan fingerprint density at radius 1 is 1.53 bits per heavy atom. The summed E-state index contributed by atoms with van der Waals surface area (Å²) < 4.78 is 0. The van der Waals surface area contributed by atoms with Gasteiger partial charge in [0.2, 0.25) is 0 Å². The van der Waals surface area contributed by atoms with Crippen LogP contribution in [0.5, 0.6) is 0 Å². The van der Waals surface area contributed by atoms with Crippen molar-refractivity contribution in [3.63, 3.8) is 0 Å². The molecule has 0 spiro atoms. The summed E-state index contributed by atoms with van der Waals surface area (Å²) >= 11 is 0. The van der Waals surface area contributed by atoms with Gasteiger partial charge >= 0.3 is 0 Å². The quantitative estimate of drug-likeness (QED) is 0.747. The third-order valence-electron chi connectivity index (χ3n) is 2.70. The maximum Gasteiger partial charge on any atom is 0.0445 e. The lowest BCUT2D eigenvalue weighted by Crippen LogP contribution is -2.29. The zero-order valence-electron chi connectivity index (χ0n) is 9.53. The lowest BCUT2D eigenvalue weighted by molar-refractivity contribution is 0.262.